The number of nitrogens with zero attached hydrogens (tertiary/aromatic N) is 2. The maximum absolute atomic E-state index is 11.9. The Balaban J connectivity index is 2.27. The standard InChI is InChI=1S/C13H19N3O2/c1-15(2)5-6-16-11-7-10(8-14)3-4-12(11)18-9-13(16)17/h3-4,7H,5-6,8-9,14H2,1-2H3. The van der Waals surface area contributed by atoms with E-state index in [-0.39, 0.29) is 12.5 Å². The van der Waals surface area contributed by atoms with E-state index in [4.69, 9.17) is 10.5 Å². The molecule has 1 aromatic carbocycles. The molecule has 1 aromatic rings. The lowest BCUT2D eigenvalue weighted by Crippen LogP contribution is -2.42. The molecule has 0 unspecified atom stereocenters. The molecule has 1 aliphatic rings. The minimum atomic E-state index is -0.00137. The van der Waals surface area contributed by atoms with Crippen LogP contribution >= 0.6 is 0 Å². The molecule has 5 heteroatoms. The average Bonchev–Trinajstić information content (AvgIpc) is 2.36. The first-order valence-corrected chi connectivity index (χ1v) is 6.02. The monoisotopic (exact) mass is 249 g/mol. The van der Waals surface area contributed by atoms with E-state index in [0.717, 1.165) is 23.5 Å². The fraction of sp³-hybridized carbons (Fsp3) is 0.462. The molecule has 0 saturated carbocycles. The van der Waals surface area contributed by atoms with E-state index in [1.807, 2.05) is 32.3 Å². The number of benzene rings is 1. The van der Waals surface area contributed by atoms with Crippen LogP contribution in [0.2, 0.25) is 0 Å². The van der Waals surface area contributed by atoms with E-state index >= 15 is 0 Å². The molecule has 0 radical (unpaired) electrons. The summed E-state index contributed by atoms with van der Waals surface area (Å²) >= 11 is 0. The molecule has 5 nitrogen and oxygen atoms in total. The summed E-state index contributed by atoms with van der Waals surface area (Å²) in [5, 5.41) is 0. The summed E-state index contributed by atoms with van der Waals surface area (Å²) in [5.74, 6) is 0.754. The van der Waals surface area contributed by atoms with Gasteiger partial charge in [-0.25, -0.2) is 0 Å². The lowest BCUT2D eigenvalue weighted by atomic mass is 10.1. The lowest BCUT2D eigenvalue weighted by molar-refractivity contribution is -0.121. The molecule has 0 atom stereocenters. The number of fused-ring (bicyclic) bond motifs is 1. The summed E-state index contributed by atoms with van der Waals surface area (Å²) in [7, 11) is 3.98. The summed E-state index contributed by atoms with van der Waals surface area (Å²) in [6, 6.07) is 5.74. The number of amides is 1. The van der Waals surface area contributed by atoms with Gasteiger partial charge in [0, 0.05) is 19.6 Å². The highest BCUT2D eigenvalue weighted by atomic mass is 16.5. The molecule has 2 N–H and O–H groups in total. The van der Waals surface area contributed by atoms with E-state index in [2.05, 4.69) is 4.90 Å². The molecular weight excluding hydrogens is 230 g/mol. The Labute approximate surface area is 107 Å². The summed E-state index contributed by atoms with van der Waals surface area (Å²) < 4.78 is 5.43. The van der Waals surface area contributed by atoms with Gasteiger partial charge in [-0.05, 0) is 31.8 Å². The third-order valence-corrected chi connectivity index (χ3v) is 2.97. The van der Waals surface area contributed by atoms with Gasteiger partial charge in [-0.15, -0.1) is 0 Å². The SMILES string of the molecule is CN(C)CCN1C(=O)COc2ccc(CN)cc21. The number of anilines is 1. The number of hydrogen-bond acceptors (Lipinski definition) is 4. The lowest BCUT2D eigenvalue weighted by Gasteiger charge is -2.30. The summed E-state index contributed by atoms with van der Waals surface area (Å²) in [6.07, 6.45) is 0. The van der Waals surface area contributed by atoms with Crippen LogP contribution in [0.3, 0.4) is 0 Å². The summed E-state index contributed by atoms with van der Waals surface area (Å²) in [4.78, 5) is 15.7. The molecule has 1 heterocycles. The largest absolute Gasteiger partial charge is 0.482 e. The van der Waals surface area contributed by atoms with E-state index in [9.17, 15) is 4.79 Å². The van der Waals surface area contributed by atoms with Gasteiger partial charge in [-0.3, -0.25) is 4.79 Å². The first kappa shape index (κ1) is 12.9. The van der Waals surface area contributed by atoms with Crippen molar-refractivity contribution in [1.29, 1.82) is 0 Å². The Morgan fingerprint density at radius 2 is 2.22 bits per heavy atom. The van der Waals surface area contributed by atoms with E-state index in [0.29, 0.717) is 13.1 Å². The Kier molecular flexibility index (Phi) is 3.84. The molecule has 0 fully saturated rings. The van der Waals surface area contributed by atoms with Crippen LogP contribution in [0.1, 0.15) is 5.56 Å². The van der Waals surface area contributed by atoms with Crippen LogP contribution in [-0.2, 0) is 11.3 Å². The van der Waals surface area contributed by atoms with Crippen molar-refractivity contribution in [3.8, 4) is 5.75 Å². The Morgan fingerprint density at radius 1 is 1.44 bits per heavy atom. The molecule has 1 amide bonds. The third-order valence-electron chi connectivity index (χ3n) is 2.97. The molecular formula is C13H19N3O2. The van der Waals surface area contributed by atoms with Gasteiger partial charge in [0.05, 0.1) is 5.69 Å². The van der Waals surface area contributed by atoms with Crippen molar-refractivity contribution in [3.63, 3.8) is 0 Å². The van der Waals surface area contributed by atoms with E-state index < -0.39 is 0 Å². The minimum Gasteiger partial charge on any atom is -0.482 e. The van der Waals surface area contributed by atoms with E-state index in [1.54, 1.807) is 4.90 Å². The van der Waals surface area contributed by atoms with Crippen LogP contribution in [-0.4, -0.2) is 44.6 Å². The number of likely N-dealkylation sites (N-methyl/N-ethyl adjacent to an activating group) is 1. The smallest absolute Gasteiger partial charge is 0.265 e. The maximum atomic E-state index is 11.9. The van der Waals surface area contributed by atoms with Crippen molar-refractivity contribution >= 4 is 11.6 Å². The molecule has 0 spiro atoms. The van der Waals surface area contributed by atoms with Crippen LogP contribution in [0.15, 0.2) is 18.2 Å². The fourth-order valence-corrected chi connectivity index (χ4v) is 1.92. The van der Waals surface area contributed by atoms with Gasteiger partial charge < -0.3 is 20.3 Å². The topological polar surface area (TPSA) is 58.8 Å². The number of hydrogen-bond donors (Lipinski definition) is 1. The molecule has 18 heavy (non-hydrogen) atoms. The maximum Gasteiger partial charge on any atom is 0.265 e. The Bertz CT molecular complexity index is 446. The zero-order chi connectivity index (χ0) is 13.1. The predicted octanol–water partition coefficient (Wildman–Crippen LogP) is 0.432. The van der Waals surface area contributed by atoms with Crippen molar-refractivity contribution < 1.29 is 9.53 Å². The van der Waals surface area contributed by atoms with Crippen LogP contribution in [0, 0.1) is 0 Å². The minimum absolute atomic E-state index is 0.00137. The van der Waals surface area contributed by atoms with Crippen LogP contribution < -0.4 is 15.4 Å². The van der Waals surface area contributed by atoms with E-state index in [1.165, 1.54) is 0 Å². The molecule has 0 bridgehead atoms. The second-order valence-electron chi connectivity index (χ2n) is 4.64. The van der Waals surface area contributed by atoms with Crippen molar-refractivity contribution in [2.24, 2.45) is 5.73 Å². The zero-order valence-electron chi connectivity index (χ0n) is 10.8. The highest BCUT2D eigenvalue weighted by Gasteiger charge is 2.25. The van der Waals surface area contributed by atoms with Gasteiger partial charge in [-0.2, -0.15) is 0 Å². The number of rotatable bonds is 4. The van der Waals surface area contributed by atoms with Crippen molar-refractivity contribution in [2.75, 3.05) is 38.7 Å². The Hall–Kier alpha value is -1.59. The van der Waals surface area contributed by atoms with Crippen molar-refractivity contribution in [2.45, 2.75) is 6.54 Å². The molecule has 1 aliphatic heterocycles. The van der Waals surface area contributed by atoms with Crippen LogP contribution in [0.25, 0.3) is 0 Å². The van der Waals surface area contributed by atoms with Gasteiger partial charge >= 0.3 is 0 Å². The van der Waals surface area contributed by atoms with Crippen LogP contribution in [0.5, 0.6) is 5.75 Å². The summed E-state index contributed by atoms with van der Waals surface area (Å²) in [5.41, 5.74) is 7.46. The predicted molar refractivity (Wildman–Crippen MR) is 70.7 cm³/mol. The Morgan fingerprint density at radius 3 is 2.89 bits per heavy atom. The molecule has 98 valence electrons. The molecule has 2 rings (SSSR count). The molecule has 0 aliphatic carbocycles. The normalized spacial score (nSPS) is 14.7. The number of ether oxygens (including phenoxy) is 1. The first-order valence-electron chi connectivity index (χ1n) is 6.02. The number of nitrogens with two attached hydrogens (primary N) is 1. The zero-order valence-corrected chi connectivity index (χ0v) is 10.8. The first-order chi connectivity index (χ1) is 8.61. The van der Waals surface area contributed by atoms with Gasteiger partial charge in [0.15, 0.2) is 6.61 Å². The van der Waals surface area contributed by atoms with Crippen LogP contribution in [0.4, 0.5) is 5.69 Å². The van der Waals surface area contributed by atoms with Gasteiger partial charge in [0.1, 0.15) is 5.75 Å². The molecule has 0 aromatic heterocycles. The third kappa shape index (κ3) is 2.63. The number of carbonyl (C=O) groups excluding carboxylic acids is 1. The fourth-order valence-electron chi connectivity index (χ4n) is 1.92. The van der Waals surface area contributed by atoms with Gasteiger partial charge in [0.25, 0.3) is 5.91 Å². The molecule has 0 saturated heterocycles. The number of carbonyl (C=O) groups is 1. The van der Waals surface area contributed by atoms with Gasteiger partial charge in [0.2, 0.25) is 0 Å². The summed E-state index contributed by atoms with van der Waals surface area (Å²) in [6.45, 7) is 2.06. The van der Waals surface area contributed by atoms with Crippen molar-refractivity contribution in [3.05, 3.63) is 23.8 Å². The average molecular weight is 249 g/mol. The highest BCUT2D eigenvalue weighted by molar-refractivity contribution is 5.97. The highest BCUT2D eigenvalue weighted by Crippen LogP contribution is 2.32. The second-order valence-corrected chi connectivity index (χ2v) is 4.64. The quantitative estimate of drug-likeness (QED) is 0.841. The van der Waals surface area contributed by atoms with Gasteiger partial charge in [-0.1, -0.05) is 6.07 Å². The second kappa shape index (κ2) is 5.37. The van der Waals surface area contributed by atoms with Crippen molar-refractivity contribution in [1.82, 2.24) is 4.90 Å².